The van der Waals surface area contributed by atoms with Crippen molar-refractivity contribution in [3.63, 3.8) is 0 Å². The molecule has 104 valence electrons. The lowest BCUT2D eigenvalue weighted by Crippen LogP contribution is -2.13. The number of nitrogens with one attached hydrogen (secondary N) is 1. The molecule has 3 nitrogen and oxygen atoms in total. The summed E-state index contributed by atoms with van der Waals surface area (Å²) in [6.45, 7) is 1.88. The van der Waals surface area contributed by atoms with E-state index in [0.29, 0.717) is 11.3 Å². The number of benzene rings is 2. The molecule has 0 bridgehead atoms. The monoisotopic (exact) mass is 337 g/mol. The fourth-order valence-electron chi connectivity index (χ4n) is 1.79. The van der Waals surface area contributed by atoms with Crippen molar-refractivity contribution in [2.24, 2.45) is 0 Å². The molecule has 0 saturated carbocycles. The number of carbonyl (C=O) groups excluding carboxylic acids is 1. The van der Waals surface area contributed by atoms with Gasteiger partial charge < -0.3 is 10.1 Å². The highest BCUT2D eigenvalue weighted by Crippen LogP contribution is 2.22. The molecule has 0 radical (unpaired) electrons. The van der Waals surface area contributed by atoms with Crippen molar-refractivity contribution in [1.82, 2.24) is 0 Å². The Kier molecular flexibility index (Phi) is 4.39. The van der Waals surface area contributed by atoms with Gasteiger partial charge in [-0.25, -0.2) is 4.39 Å². The van der Waals surface area contributed by atoms with Crippen LogP contribution in [-0.4, -0.2) is 13.0 Å². The van der Waals surface area contributed by atoms with Gasteiger partial charge in [-0.2, -0.15) is 0 Å². The molecule has 0 aliphatic heterocycles. The first kappa shape index (κ1) is 14.5. The Morgan fingerprint density at radius 2 is 2.00 bits per heavy atom. The first-order valence-electron chi connectivity index (χ1n) is 5.91. The molecule has 2 rings (SSSR count). The molecule has 0 spiro atoms. The molecule has 2 aromatic rings. The number of hydrogen-bond donors (Lipinski definition) is 1. The summed E-state index contributed by atoms with van der Waals surface area (Å²) < 4.78 is 19.5. The van der Waals surface area contributed by atoms with E-state index in [4.69, 9.17) is 4.74 Å². The number of rotatable bonds is 3. The summed E-state index contributed by atoms with van der Waals surface area (Å²) >= 11 is 3.33. The van der Waals surface area contributed by atoms with Crippen molar-refractivity contribution in [3.05, 3.63) is 57.8 Å². The van der Waals surface area contributed by atoms with Crippen LogP contribution in [0.5, 0.6) is 5.75 Å². The van der Waals surface area contributed by atoms with Gasteiger partial charge in [0.2, 0.25) is 0 Å². The molecular formula is C15H13BrFNO2. The first-order chi connectivity index (χ1) is 9.49. The third kappa shape index (κ3) is 3.36. The minimum absolute atomic E-state index is 0.0898. The maximum Gasteiger partial charge on any atom is 0.255 e. The van der Waals surface area contributed by atoms with E-state index in [1.165, 1.54) is 25.3 Å². The second-order valence-corrected chi connectivity index (χ2v) is 5.23. The number of amides is 1. The van der Waals surface area contributed by atoms with Crippen molar-refractivity contribution in [2.45, 2.75) is 6.92 Å². The second kappa shape index (κ2) is 6.05. The smallest absolute Gasteiger partial charge is 0.255 e. The summed E-state index contributed by atoms with van der Waals surface area (Å²) in [5, 5.41) is 2.54. The summed E-state index contributed by atoms with van der Waals surface area (Å²) in [4.78, 5) is 12.1. The Hall–Kier alpha value is -1.88. The third-order valence-corrected chi connectivity index (χ3v) is 3.18. The molecule has 0 aromatic heterocycles. The van der Waals surface area contributed by atoms with Crippen molar-refractivity contribution in [2.75, 3.05) is 12.4 Å². The van der Waals surface area contributed by atoms with E-state index in [2.05, 4.69) is 21.2 Å². The van der Waals surface area contributed by atoms with E-state index in [0.717, 1.165) is 10.0 Å². The van der Waals surface area contributed by atoms with Gasteiger partial charge in [0, 0.05) is 16.1 Å². The van der Waals surface area contributed by atoms with E-state index in [9.17, 15) is 9.18 Å². The fraction of sp³-hybridized carbons (Fsp3) is 0.133. The average molecular weight is 338 g/mol. The number of hydrogen-bond acceptors (Lipinski definition) is 2. The van der Waals surface area contributed by atoms with Crippen molar-refractivity contribution >= 4 is 27.5 Å². The molecule has 0 atom stereocenters. The van der Waals surface area contributed by atoms with E-state index in [1.807, 2.05) is 13.0 Å². The normalized spacial score (nSPS) is 10.2. The summed E-state index contributed by atoms with van der Waals surface area (Å²) in [6, 6.07) is 9.49. The van der Waals surface area contributed by atoms with Gasteiger partial charge in [-0.15, -0.1) is 0 Å². The zero-order valence-corrected chi connectivity index (χ0v) is 12.6. The van der Waals surface area contributed by atoms with Crippen molar-refractivity contribution in [1.29, 1.82) is 0 Å². The number of methoxy groups -OCH3 is 1. The van der Waals surface area contributed by atoms with Crippen LogP contribution in [0.4, 0.5) is 10.1 Å². The van der Waals surface area contributed by atoms with Crippen LogP contribution in [0.1, 0.15) is 15.9 Å². The predicted molar refractivity (Wildman–Crippen MR) is 79.8 cm³/mol. The Bertz CT molecular complexity index is 638. The fourth-order valence-corrected chi connectivity index (χ4v) is 2.40. The predicted octanol–water partition coefficient (Wildman–Crippen LogP) is 4.16. The molecule has 5 heteroatoms. The minimum atomic E-state index is -0.508. The second-order valence-electron chi connectivity index (χ2n) is 4.32. The van der Waals surface area contributed by atoms with Gasteiger partial charge in [0.25, 0.3) is 5.91 Å². The van der Waals surface area contributed by atoms with Crippen LogP contribution in [0.25, 0.3) is 0 Å². The van der Waals surface area contributed by atoms with E-state index in [1.54, 1.807) is 12.1 Å². The summed E-state index contributed by atoms with van der Waals surface area (Å²) in [5.41, 5.74) is 1.49. The number of anilines is 1. The molecular weight excluding hydrogens is 325 g/mol. The summed E-state index contributed by atoms with van der Waals surface area (Å²) in [5.74, 6) is -0.403. The molecule has 20 heavy (non-hydrogen) atoms. The van der Waals surface area contributed by atoms with Gasteiger partial charge in [-0.05, 0) is 42.8 Å². The number of halogens is 2. The topological polar surface area (TPSA) is 38.3 Å². The first-order valence-corrected chi connectivity index (χ1v) is 6.71. The minimum Gasteiger partial charge on any atom is -0.497 e. The van der Waals surface area contributed by atoms with E-state index >= 15 is 0 Å². The van der Waals surface area contributed by atoms with Gasteiger partial charge in [0.1, 0.15) is 11.6 Å². The Labute approximate surface area is 124 Å². The van der Waals surface area contributed by atoms with Gasteiger partial charge in [0.15, 0.2) is 0 Å². The Morgan fingerprint density at radius 3 is 2.65 bits per heavy atom. The number of carbonyl (C=O) groups is 1. The van der Waals surface area contributed by atoms with Crippen LogP contribution in [0.15, 0.2) is 40.9 Å². The lowest BCUT2D eigenvalue weighted by atomic mass is 10.1. The van der Waals surface area contributed by atoms with Gasteiger partial charge in [0.05, 0.1) is 12.8 Å². The summed E-state index contributed by atoms with van der Waals surface area (Å²) in [6.07, 6.45) is 0. The quantitative estimate of drug-likeness (QED) is 0.913. The molecule has 0 heterocycles. The SMILES string of the molecule is COc1ccc(F)c(NC(=O)c2cc(C)cc(Br)c2)c1. The maximum atomic E-state index is 13.7. The zero-order chi connectivity index (χ0) is 14.7. The van der Waals surface area contributed by atoms with Gasteiger partial charge in [-0.3, -0.25) is 4.79 Å². The van der Waals surface area contributed by atoms with Crippen LogP contribution in [-0.2, 0) is 0 Å². The van der Waals surface area contributed by atoms with Crippen molar-refractivity contribution in [3.8, 4) is 5.75 Å². The van der Waals surface area contributed by atoms with Crippen LogP contribution in [0.2, 0.25) is 0 Å². The maximum absolute atomic E-state index is 13.7. The van der Waals surface area contributed by atoms with Crippen LogP contribution >= 0.6 is 15.9 Å². The highest BCUT2D eigenvalue weighted by molar-refractivity contribution is 9.10. The molecule has 1 amide bonds. The van der Waals surface area contributed by atoms with Crippen LogP contribution in [0, 0.1) is 12.7 Å². The molecule has 0 aliphatic rings. The average Bonchev–Trinajstić information content (AvgIpc) is 2.40. The Balaban J connectivity index is 2.27. The third-order valence-electron chi connectivity index (χ3n) is 2.73. The van der Waals surface area contributed by atoms with Crippen molar-refractivity contribution < 1.29 is 13.9 Å². The van der Waals surface area contributed by atoms with E-state index in [-0.39, 0.29) is 11.6 Å². The van der Waals surface area contributed by atoms with Crippen LogP contribution < -0.4 is 10.1 Å². The van der Waals surface area contributed by atoms with Gasteiger partial charge in [-0.1, -0.05) is 15.9 Å². The zero-order valence-electron chi connectivity index (χ0n) is 11.0. The highest BCUT2D eigenvalue weighted by Gasteiger charge is 2.11. The molecule has 0 aliphatic carbocycles. The van der Waals surface area contributed by atoms with Crippen LogP contribution in [0.3, 0.4) is 0 Å². The number of aryl methyl sites for hydroxylation is 1. The summed E-state index contributed by atoms with van der Waals surface area (Å²) in [7, 11) is 1.48. The molecule has 1 N–H and O–H groups in total. The Morgan fingerprint density at radius 1 is 1.25 bits per heavy atom. The van der Waals surface area contributed by atoms with E-state index < -0.39 is 5.82 Å². The lowest BCUT2D eigenvalue weighted by Gasteiger charge is -2.09. The molecule has 0 unspecified atom stereocenters. The van der Waals surface area contributed by atoms with Gasteiger partial charge >= 0.3 is 0 Å². The standard InChI is InChI=1S/C15H13BrFNO2/c1-9-5-10(7-11(16)6-9)15(19)18-14-8-12(20-2)3-4-13(14)17/h3-8H,1-2H3,(H,18,19). The molecule has 0 fully saturated rings. The molecule has 0 saturated heterocycles. The molecule has 2 aromatic carbocycles. The highest BCUT2D eigenvalue weighted by atomic mass is 79.9. The number of ether oxygens (including phenoxy) is 1. The lowest BCUT2D eigenvalue weighted by molar-refractivity contribution is 0.102. The largest absolute Gasteiger partial charge is 0.497 e.